The number of aryl methyl sites for hydroxylation is 1. The van der Waals surface area contributed by atoms with Gasteiger partial charge in [0.25, 0.3) is 0 Å². The van der Waals surface area contributed by atoms with E-state index in [0.717, 1.165) is 13.0 Å². The molecule has 90 valence electrons. The summed E-state index contributed by atoms with van der Waals surface area (Å²) in [6.45, 7) is 1.68. The first-order chi connectivity index (χ1) is 7.74. The molecule has 0 aliphatic heterocycles. The summed E-state index contributed by atoms with van der Waals surface area (Å²) in [6, 6.07) is -0.585. The van der Waals surface area contributed by atoms with Gasteiger partial charge in [0.2, 0.25) is 5.91 Å². The fourth-order valence-corrected chi connectivity index (χ4v) is 1.28. The lowest BCUT2D eigenvalue weighted by Gasteiger charge is -2.11. The molecule has 0 aromatic carbocycles. The van der Waals surface area contributed by atoms with Crippen molar-refractivity contribution in [3.05, 3.63) is 18.7 Å². The van der Waals surface area contributed by atoms with E-state index in [1.54, 1.807) is 12.5 Å². The maximum absolute atomic E-state index is 11.4. The largest absolute Gasteiger partial charge is 0.383 e. The molecule has 0 spiro atoms. The number of carbonyl (C=O) groups excluding carboxylic acids is 1. The Kier molecular flexibility index (Phi) is 5.52. The number of hydrogen-bond acceptors (Lipinski definition) is 4. The van der Waals surface area contributed by atoms with Crippen molar-refractivity contribution < 1.29 is 9.53 Å². The number of hydrogen-bond donors (Lipinski definition) is 2. The summed E-state index contributed by atoms with van der Waals surface area (Å²) < 4.78 is 6.75. The summed E-state index contributed by atoms with van der Waals surface area (Å²) in [7, 11) is 1.52. The van der Waals surface area contributed by atoms with Crippen LogP contribution in [0.25, 0.3) is 0 Å². The van der Waals surface area contributed by atoms with Crippen LogP contribution >= 0.6 is 0 Å². The number of aromatic nitrogens is 2. The third-order valence-electron chi connectivity index (χ3n) is 2.13. The van der Waals surface area contributed by atoms with Crippen LogP contribution in [0.2, 0.25) is 0 Å². The van der Waals surface area contributed by atoms with Crippen molar-refractivity contribution in [1.29, 1.82) is 0 Å². The monoisotopic (exact) mass is 226 g/mol. The van der Waals surface area contributed by atoms with Gasteiger partial charge in [0.1, 0.15) is 6.04 Å². The van der Waals surface area contributed by atoms with E-state index >= 15 is 0 Å². The highest BCUT2D eigenvalue weighted by molar-refractivity contribution is 5.81. The van der Waals surface area contributed by atoms with E-state index in [-0.39, 0.29) is 12.5 Å². The molecule has 1 amide bonds. The van der Waals surface area contributed by atoms with Crippen LogP contribution in [0, 0.1) is 0 Å². The molecule has 0 fully saturated rings. The van der Waals surface area contributed by atoms with Crippen LogP contribution in [0.1, 0.15) is 6.42 Å². The van der Waals surface area contributed by atoms with E-state index in [1.807, 2.05) is 10.8 Å². The molecule has 6 nitrogen and oxygen atoms in total. The van der Waals surface area contributed by atoms with Gasteiger partial charge in [-0.3, -0.25) is 4.79 Å². The van der Waals surface area contributed by atoms with Gasteiger partial charge in [-0.15, -0.1) is 0 Å². The minimum atomic E-state index is -0.585. The van der Waals surface area contributed by atoms with Crippen molar-refractivity contribution in [2.24, 2.45) is 5.73 Å². The van der Waals surface area contributed by atoms with Gasteiger partial charge in [0.05, 0.1) is 12.9 Å². The molecule has 6 heteroatoms. The average Bonchev–Trinajstić information content (AvgIpc) is 2.77. The second kappa shape index (κ2) is 6.97. The Hall–Kier alpha value is -1.40. The van der Waals surface area contributed by atoms with Crippen LogP contribution in [0.4, 0.5) is 0 Å². The highest BCUT2D eigenvalue weighted by Gasteiger charge is 2.11. The number of nitrogens with one attached hydrogen (secondary N) is 1. The van der Waals surface area contributed by atoms with Crippen molar-refractivity contribution in [2.75, 3.05) is 20.3 Å². The Morgan fingerprint density at radius 3 is 3.12 bits per heavy atom. The van der Waals surface area contributed by atoms with Gasteiger partial charge in [-0.05, 0) is 6.42 Å². The fraction of sp³-hybridized carbons (Fsp3) is 0.600. The van der Waals surface area contributed by atoms with E-state index in [9.17, 15) is 4.79 Å². The minimum absolute atomic E-state index is 0.174. The van der Waals surface area contributed by atoms with Gasteiger partial charge in [-0.25, -0.2) is 4.98 Å². The van der Waals surface area contributed by atoms with Crippen LogP contribution in [0.3, 0.4) is 0 Å². The zero-order chi connectivity index (χ0) is 11.8. The molecule has 1 unspecified atom stereocenters. The van der Waals surface area contributed by atoms with E-state index in [1.165, 1.54) is 7.11 Å². The van der Waals surface area contributed by atoms with Gasteiger partial charge < -0.3 is 20.4 Å². The highest BCUT2D eigenvalue weighted by Crippen LogP contribution is 1.89. The van der Waals surface area contributed by atoms with Gasteiger partial charge in [0.15, 0.2) is 0 Å². The van der Waals surface area contributed by atoms with Crippen molar-refractivity contribution in [3.8, 4) is 0 Å². The first-order valence-electron chi connectivity index (χ1n) is 5.22. The fourth-order valence-electron chi connectivity index (χ4n) is 1.28. The summed E-state index contributed by atoms with van der Waals surface area (Å²) in [5.41, 5.74) is 5.55. The molecule has 1 aromatic heterocycles. The predicted molar refractivity (Wildman–Crippen MR) is 59.7 cm³/mol. The number of ether oxygens (including phenoxy) is 1. The van der Waals surface area contributed by atoms with E-state index in [2.05, 4.69) is 10.3 Å². The predicted octanol–water partition coefficient (Wildman–Crippen LogP) is -0.637. The molecule has 1 atom stereocenters. The van der Waals surface area contributed by atoms with Crippen LogP contribution in [-0.4, -0.2) is 41.8 Å². The molecule has 0 bridgehead atoms. The molecule has 3 N–H and O–H groups in total. The first-order valence-corrected chi connectivity index (χ1v) is 5.22. The van der Waals surface area contributed by atoms with Crippen LogP contribution < -0.4 is 11.1 Å². The molecule has 1 rings (SSSR count). The van der Waals surface area contributed by atoms with Crippen molar-refractivity contribution in [2.45, 2.75) is 19.0 Å². The summed E-state index contributed by atoms with van der Waals surface area (Å²) in [5, 5.41) is 2.75. The molecule has 0 aliphatic rings. The Bertz CT molecular complexity index is 300. The van der Waals surface area contributed by atoms with Crippen molar-refractivity contribution in [3.63, 3.8) is 0 Å². The van der Waals surface area contributed by atoms with Crippen LogP contribution in [0.5, 0.6) is 0 Å². The molecule has 16 heavy (non-hydrogen) atoms. The van der Waals surface area contributed by atoms with E-state index in [4.69, 9.17) is 10.5 Å². The Morgan fingerprint density at radius 2 is 2.50 bits per heavy atom. The number of methoxy groups -OCH3 is 1. The smallest absolute Gasteiger partial charge is 0.239 e. The second-order valence-electron chi connectivity index (χ2n) is 3.51. The lowest BCUT2D eigenvalue weighted by atomic mass is 10.3. The molecule has 0 aliphatic carbocycles. The third kappa shape index (κ3) is 4.41. The highest BCUT2D eigenvalue weighted by atomic mass is 16.5. The number of amides is 1. The SMILES string of the molecule is COCC(N)C(=O)NCCCn1ccnc1. The van der Waals surface area contributed by atoms with Gasteiger partial charge in [-0.2, -0.15) is 0 Å². The van der Waals surface area contributed by atoms with E-state index < -0.39 is 6.04 Å². The second-order valence-corrected chi connectivity index (χ2v) is 3.51. The van der Waals surface area contributed by atoms with Crippen molar-refractivity contribution in [1.82, 2.24) is 14.9 Å². The Balaban J connectivity index is 2.08. The van der Waals surface area contributed by atoms with Crippen LogP contribution in [0.15, 0.2) is 18.7 Å². The molecule has 0 saturated heterocycles. The number of carbonyl (C=O) groups is 1. The molecule has 0 radical (unpaired) electrons. The standard InChI is InChI=1S/C10H18N4O2/c1-16-7-9(11)10(15)13-3-2-5-14-6-4-12-8-14/h4,6,8-9H,2-3,5,7,11H2,1H3,(H,13,15). The van der Waals surface area contributed by atoms with Gasteiger partial charge in [0, 0.05) is 32.6 Å². The number of nitrogens with two attached hydrogens (primary N) is 1. The summed E-state index contributed by atoms with van der Waals surface area (Å²) >= 11 is 0. The molecule has 0 saturated carbocycles. The zero-order valence-corrected chi connectivity index (χ0v) is 9.43. The molecule has 1 aromatic rings. The quantitative estimate of drug-likeness (QED) is 0.606. The Labute approximate surface area is 94.8 Å². The van der Waals surface area contributed by atoms with Gasteiger partial charge in [-0.1, -0.05) is 0 Å². The summed E-state index contributed by atoms with van der Waals surface area (Å²) in [4.78, 5) is 15.3. The summed E-state index contributed by atoms with van der Waals surface area (Å²) in [5.74, 6) is -0.174. The first kappa shape index (κ1) is 12.7. The molecular formula is C10H18N4O2. The lowest BCUT2D eigenvalue weighted by molar-refractivity contribution is -0.123. The average molecular weight is 226 g/mol. The van der Waals surface area contributed by atoms with Crippen molar-refractivity contribution >= 4 is 5.91 Å². The zero-order valence-electron chi connectivity index (χ0n) is 9.43. The Morgan fingerprint density at radius 1 is 1.69 bits per heavy atom. The molecule has 1 heterocycles. The maximum atomic E-state index is 11.4. The lowest BCUT2D eigenvalue weighted by Crippen LogP contribution is -2.43. The normalized spacial score (nSPS) is 12.4. The van der Waals surface area contributed by atoms with Gasteiger partial charge >= 0.3 is 0 Å². The van der Waals surface area contributed by atoms with Crippen LogP contribution in [-0.2, 0) is 16.1 Å². The minimum Gasteiger partial charge on any atom is -0.383 e. The number of nitrogens with zero attached hydrogens (tertiary/aromatic N) is 2. The molecular weight excluding hydrogens is 208 g/mol. The number of imidazole rings is 1. The number of rotatable bonds is 7. The summed E-state index contributed by atoms with van der Waals surface area (Å²) in [6.07, 6.45) is 6.21. The van der Waals surface area contributed by atoms with E-state index in [0.29, 0.717) is 6.54 Å². The third-order valence-corrected chi connectivity index (χ3v) is 2.13. The topological polar surface area (TPSA) is 82.2 Å². The maximum Gasteiger partial charge on any atom is 0.239 e.